The summed E-state index contributed by atoms with van der Waals surface area (Å²) in [6.07, 6.45) is 0. The summed E-state index contributed by atoms with van der Waals surface area (Å²) in [7, 11) is 0. The lowest BCUT2D eigenvalue weighted by Gasteiger charge is -2.28. The normalized spacial score (nSPS) is 12.5. The largest absolute Gasteiger partial charge is 0.370 e. The van der Waals surface area contributed by atoms with Crippen molar-refractivity contribution in [3.8, 4) is 0 Å². The van der Waals surface area contributed by atoms with Crippen LogP contribution in [0.3, 0.4) is 0 Å². The van der Waals surface area contributed by atoms with Crippen molar-refractivity contribution in [1.29, 1.82) is 0 Å². The third-order valence-electron chi connectivity index (χ3n) is 2.85. The topological polar surface area (TPSA) is 58.4 Å². The Morgan fingerprint density at radius 2 is 1.95 bits per heavy atom. The van der Waals surface area contributed by atoms with Gasteiger partial charge in [-0.15, -0.1) is 0 Å². The molecule has 0 heterocycles. The van der Waals surface area contributed by atoms with Crippen LogP contribution in [0.2, 0.25) is 0 Å². The van der Waals surface area contributed by atoms with Gasteiger partial charge >= 0.3 is 0 Å². The molecule has 1 atom stereocenters. The van der Waals surface area contributed by atoms with Crippen molar-refractivity contribution in [2.75, 3.05) is 18.0 Å². The van der Waals surface area contributed by atoms with Crippen LogP contribution >= 0.6 is 0 Å². The molecule has 0 radical (unpaired) electrons. The Labute approximate surface area is 113 Å². The average molecular weight is 267 g/mol. The highest BCUT2D eigenvalue weighted by Gasteiger charge is 2.19. The Kier molecular flexibility index (Phi) is 5.76. The third-order valence-corrected chi connectivity index (χ3v) is 2.85. The highest BCUT2D eigenvalue weighted by atomic mass is 19.1. The van der Waals surface area contributed by atoms with Crippen molar-refractivity contribution in [3.05, 3.63) is 30.1 Å². The molecule has 0 bridgehead atoms. The summed E-state index contributed by atoms with van der Waals surface area (Å²) in [6.45, 7) is 7.09. The van der Waals surface area contributed by atoms with E-state index in [4.69, 9.17) is 5.73 Å². The lowest BCUT2D eigenvalue weighted by molar-refractivity contribution is -0.119. The highest BCUT2D eigenvalue weighted by Crippen LogP contribution is 2.15. The van der Waals surface area contributed by atoms with E-state index in [9.17, 15) is 9.18 Å². The maximum Gasteiger partial charge on any atom is 0.236 e. The minimum absolute atomic E-state index is 0.171. The molecule has 1 aromatic rings. The molecule has 1 unspecified atom stereocenters. The predicted molar refractivity (Wildman–Crippen MR) is 75.5 cm³/mol. The van der Waals surface area contributed by atoms with E-state index >= 15 is 0 Å². The van der Waals surface area contributed by atoms with Crippen LogP contribution in [0.25, 0.3) is 0 Å². The molecular formula is C14H22FN3O. The quantitative estimate of drug-likeness (QED) is 0.787. The minimum Gasteiger partial charge on any atom is -0.370 e. The molecule has 4 nitrogen and oxygen atoms in total. The van der Waals surface area contributed by atoms with Crippen LogP contribution in [0, 0.1) is 5.82 Å². The summed E-state index contributed by atoms with van der Waals surface area (Å²) in [4.78, 5) is 13.4. The van der Waals surface area contributed by atoms with E-state index < -0.39 is 6.04 Å². The monoisotopic (exact) mass is 267 g/mol. The Hall–Kier alpha value is -1.62. The number of nitrogens with one attached hydrogen (secondary N) is 1. The predicted octanol–water partition coefficient (Wildman–Crippen LogP) is 1.50. The summed E-state index contributed by atoms with van der Waals surface area (Å²) in [5, 5.41) is 3.13. The van der Waals surface area contributed by atoms with Crippen molar-refractivity contribution in [2.24, 2.45) is 5.73 Å². The van der Waals surface area contributed by atoms with Gasteiger partial charge in [-0.3, -0.25) is 4.79 Å². The van der Waals surface area contributed by atoms with E-state index in [1.807, 2.05) is 25.7 Å². The van der Waals surface area contributed by atoms with Crippen LogP contribution in [0.5, 0.6) is 0 Å². The molecule has 5 heteroatoms. The standard InChI is InChI=1S/C14H22FN3O/c1-4-18(12-7-5-11(15)6-8-12)9-13(14(16)19)17-10(2)3/h5-8,10,13,17H,4,9H2,1-3H3,(H2,16,19). The highest BCUT2D eigenvalue weighted by molar-refractivity contribution is 5.80. The number of hydrogen-bond donors (Lipinski definition) is 2. The molecule has 0 aliphatic carbocycles. The number of hydrogen-bond acceptors (Lipinski definition) is 3. The van der Waals surface area contributed by atoms with E-state index in [0.29, 0.717) is 6.54 Å². The molecule has 3 N–H and O–H groups in total. The molecule has 1 aromatic carbocycles. The number of halogens is 1. The van der Waals surface area contributed by atoms with Crippen LogP contribution in [0.1, 0.15) is 20.8 Å². The van der Waals surface area contributed by atoms with Gasteiger partial charge in [0.05, 0.1) is 0 Å². The van der Waals surface area contributed by atoms with Crippen LogP contribution in [-0.4, -0.2) is 31.1 Å². The first-order chi connectivity index (χ1) is 8.93. The van der Waals surface area contributed by atoms with Crippen LogP contribution in [-0.2, 0) is 4.79 Å². The Balaban J connectivity index is 2.79. The average Bonchev–Trinajstić information content (AvgIpc) is 2.35. The molecule has 0 fully saturated rings. The molecule has 0 saturated heterocycles. The van der Waals surface area contributed by atoms with Gasteiger partial charge in [0.1, 0.15) is 11.9 Å². The summed E-state index contributed by atoms with van der Waals surface area (Å²) in [5.74, 6) is -0.652. The maximum atomic E-state index is 12.9. The first-order valence-corrected chi connectivity index (χ1v) is 6.50. The molecule has 0 spiro atoms. The molecule has 0 aliphatic rings. The van der Waals surface area contributed by atoms with Crippen molar-refractivity contribution in [3.63, 3.8) is 0 Å². The second kappa shape index (κ2) is 7.09. The number of rotatable bonds is 7. The summed E-state index contributed by atoms with van der Waals surface area (Å²) < 4.78 is 12.9. The molecule has 106 valence electrons. The van der Waals surface area contributed by atoms with Gasteiger partial charge in [0, 0.05) is 24.8 Å². The van der Waals surface area contributed by atoms with Gasteiger partial charge in [0.25, 0.3) is 0 Å². The zero-order chi connectivity index (χ0) is 14.4. The van der Waals surface area contributed by atoms with Crippen molar-refractivity contribution < 1.29 is 9.18 Å². The fraction of sp³-hybridized carbons (Fsp3) is 0.500. The van der Waals surface area contributed by atoms with E-state index in [1.165, 1.54) is 12.1 Å². The molecule has 1 rings (SSSR count). The number of primary amides is 1. The summed E-state index contributed by atoms with van der Waals surface area (Å²) in [6, 6.07) is 5.97. The van der Waals surface area contributed by atoms with Crippen molar-refractivity contribution in [2.45, 2.75) is 32.9 Å². The number of anilines is 1. The van der Waals surface area contributed by atoms with E-state index in [-0.39, 0.29) is 17.8 Å². The van der Waals surface area contributed by atoms with Crippen molar-refractivity contribution >= 4 is 11.6 Å². The number of nitrogens with zero attached hydrogens (tertiary/aromatic N) is 1. The van der Waals surface area contributed by atoms with E-state index in [1.54, 1.807) is 12.1 Å². The van der Waals surface area contributed by atoms with Gasteiger partial charge in [0.2, 0.25) is 5.91 Å². The van der Waals surface area contributed by atoms with E-state index in [0.717, 1.165) is 12.2 Å². The second-order valence-electron chi connectivity index (χ2n) is 4.79. The third kappa shape index (κ3) is 4.87. The molecule has 1 amide bonds. The van der Waals surface area contributed by atoms with E-state index in [2.05, 4.69) is 5.32 Å². The second-order valence-corrected chi connectivity index (χ2v) is 4.79. The summed E-state index contributed by atoms with van der Waals surface area (Å²) in [5.41, 5.74) is 6.28. The maximum absolute atomic E-state index is 12.9. The lowest BCUT2D eigenvalue weighted by atomic mass is 10.2. The molecule has 0 aliphatic heterocycles. The molecule has 19 heavy (non-hydrogen) atoms. The SMILES string of the molecule is CCN(CC(NC(C)C)C(N)=O)c1ccc(F)cc1. The molecule has 0 aromatic heterocycles. The van der Waals surface area contributed by atoms with Gasteiger partial charge in [-0.2, -0.15) is 0 Å². The fourth-order valence-corrected chi connectivity index (χ4v) is 1.92. The first-order valence-electron chi connectivity index (χ1n) is 6.50. The number of likely N-dealkylation sites (N-methyl/N-ethyl adjacent to an activating group) is 1. The lowest BCUT2D eigenvalue weighted by Crippen LogP contribution is -2.51. The van der Waals surface area contributed by atoms with Gasteiger partial charge in [-0.05, 0) is 31.2 Å². The minimum atomic E-state index is -0.426. The number of amides is 1. The van der Waals surface area contributed by atoms with Crippen molar-refractivity contribution in [1.82, 2.24) is 5.32 Å². The Morgan fingerprint density at radius 1 is 1.37 bits per heavy atom. The van der Waals surface area contributed by atoms with Gasteiger partial charge < -0.3 is 16.0 Å². The van der Waals surface area contributed by atoms with Crippen LogP contribution in [0.15, 0.2) is 24.3 Å². The Bertz CT molecular complexity index is 406. The Morgan fingerprint density at radius 3 is 2.37 bits per heavy atom. The smallest absolute Gasteiger partial charge is 0.236 e. The van der Waals surface area contributed by atoms with Gasteiger partial charge in [0.15, 0.2) is 0 Å². The number of benzene rings is 1. The zero-order valence-corrected chi connectivity index (χ0v) is 11.7. The van der Waals surface area contributed by atoms with Gasteiger partial charge in [-0.1, -0.05) is 13.8 Å². The summed E-state index contributed by atoms with van der Waals surface area (Å²) >= 11 is 0. The zero-order valence-electron chi connectivity index (χ0n) is 11.7. The molecule has 0 saturated carbocycles. The molecular weight excluding hydrogens is 245 g/mol. The number of nitrogens with two attached hydrogens (primary N) is 1. The van der Waals surface area contributed by atoms with Crippen LogP contribution < -0.4 is 16.0 Å². The van der Waals surface area contributed by atoms with Gasteiger partial charge in [-0.25, -0.2) is 4.39 Å². The number of carbonyl (C=O) groups is 1. The fourth-order valence-electron chi connectivity index (χ4n) is 1.92. The van der Waals surface area contributed by atoms with Crippen LogP contribution in [0.4, 0.5) is 10.1 Å². The first kappa shape index (κ1) is 15.4. The number of carbonyl (C=O) groups excluding carboxylic acids is 1.